The van der Waals surface area contributed by atoms with Gasteiger partial charge in [-0.25, -0.2) is 4.68 Å². The average molecular weight is 384 g/mol. The van der Waals surface area contributed by atoms with Crippen molar-refractivity contribution in [2.75, 3.05) is 0 Å². The zero-order valence-electron chi connectivity index (χ0n) is 16.4. The Kier molecular flexibility index (Phi) is 3.72. The summed E-state index contributed by atoms with van der Waals surface area (Å²) in [6.07, 6.45) is 3.78. The molecular formula is C28H20N2. The van der Waals surface area contributed by atoms with Gasteiger partial charge in [0.2, 0.25) is 0 Å². The van der Waals surface area contributed by atoms with Crippen molar-refractivity contribution in [2.45, 2.75) is 5.41 Å². The summed E-state index contributed by atoms with van der Waals surface area (Å²) in [6, 6.07) is 39.3. The van der Waals surface area contributed by atoms with E-state index in [9.17, 15) is 0 Å². The van der Waals surface area contributed by atoms with E-state index in [1.54, 1.807) is 0 Å². The number of rotatable bonds is 3. The zero-order chi connectivity index (χ0) is 20.0. The van der Waals surface area contributed by atoms with Crippen molar-refractivity contribution in [1.82, 2.24) is 9.78 Å². The molecule has 6 rings (SSSR count). The predicted octanol–water partition coefficient (Wildman–Crippen LogP) is 6.24. The predicted molar refractivity (Wildman–Crippen MR) is 121 cm³/mol. The van der Waals surface area contributed by atoms with Crippen molar-refractivity contribution in [2.24, 2.45) is 0 Å². The molecule has 1 heterocycles. The van der Waals surface area contributed by atoms with Crippen molar-refractivity contribution in [3.8, 4) is 16.8 Å². The second kappa shape index (κ2) is 6.57. The fourth-order valence-electron chi connectivity index (χ4n) is 5.00. The van der Waals surface area contributed by atoms with Gasteiger partial charge in [-0.05, 0) is 51.6 Å². The van der Waals surface area contributed by atoms with Crippen LogP contribution >= 0.6 is 0 Å². The van der Waals surface area contributed by atoms with Crippen LogP contribution in [0.1, 0.15) is 22.3 Å². The van der Waals surface area contributed by atoms with Crippen LogP contribution in [0.25, 0.3) is 16.8 Å². The monoisotopic (exact) mass is 384 g/mol. The van der Waals surface area contributed by atoms with Crippen molar-refractivity contribution >= 4 is 0 Å². The molecule has 0 bridgehead atoms. The topological polar surface area (TPSA) is 17.8 Å². The average Bonchev–Trinajstić information content (AvgIpc) is 3.46. The number of hydrogen-bond acceptors (Lipinski definition) is 1. The van der Waals surface area contributed by atoms with Gasteiger partial charge < -0.3 is 0 Å². The van der Waals surface area contributed by atoms with Crippen LogP contribution in [0.3, 0.4) is 0 Å². The summed E-state index contributed by atoms with van der Waals surface area (Å²) >= 11 is 0. The standard InChI is InChI=1S/C28H20N2/c1-2-9-21(10-3-1)28(22-15-17-23(18-16-22)30-20-8-19-29-30)26-13-6-4-11-24(26)25-12-5-7-14-27(25)28/h1-20H. The summed E-state index contributed by atoms with van der Waals surface area (Å²) in [7, 11) is 0. The van der Waals surface area contributed by atoms with E-state index in [0.29, 0.717) is 0 Å². The summed E-state index contributed by atoms with van der Waals surface area (Å²) in [5.41, 5.74) is 8.58. The highest BCUT2D eigenvalue weighted by Gasteiger charge is 2.45. The molecule has 142 valence electrons. The molecule has 2 heteroatoms. The summed E-state index contributed by atoms with van der Waals surface area (Å²) in [4.78, 5) is 0. The van der Waals surface area contributed by atoms with Crippen LogP contribution in [0.4, 0.5) is 0 Å². The summed E-state index contributed by atoms with van der Waals surface area (Å²) in [5, 5.41) is 4.38. The van der Waals surface area contributed by atoms with Gasteiger partial charge in [0.25, 0.3) is 0 Å². The molecular weight excluding hydrogens is 364 g/mol. The maximum absolute atomic E-state index is 4.38. The Labute approximate surface area is 176 Å². The van der Waals surface area contributed by atoms with Gasteiger partial charge in [-0.3, -0.25) is 0 Å². The Balaban J connectivity index is 1.67. The molecule has 5 aromatic rings. The van der Waals surface area contributed by atoms with E-state index < -0.39 is 0 Å². The molecule has 0 aliphatic heterocycles. The third kappa shape index (κ3) is 2.28. The van der Waals surface area contributed by atoms with Gasteiger partial charge >= 0.3 is 0 Å². The second-order valence-corrected chi connectivity index (χ2v) is 7.70. The minimum Gasteiger partial charge on any atom is -0.241 e. The van der Waals surface area contributed by atoms with Gasteiger partial charge in [0.05, 0.1) is 11.1 Å². The summed E-state index contributed by atoms with van der Waals surface area (Å²) in [5.74, 6) is 0. The Morgan fingerprint density at radius 2 is 1.10 bits per heavy atom. The molecule has 0 fully saturated rings. The fourth-order valence-corrected chi connectivity index (χ4v) is 5.00. The van der Waals surface area contributed by atoms with Crippen LogP contribution in [0.2, 0.25) is 0 Å². The lowest BCUT2D eigenvalue weighted by Crippen LogP contribution is -2.28. The van der Waals surface area contributed by atoms with E-state index >= 15 is 0 Å². The van der Waals surface area contributed by atoms with Crippen LogP contribution in [0.5, 0.6) is 0 Å². The molecule has 4 aromatic carbocycles. The molecule has 0 unspecified atom stereocenters. The van der Waals surface area contributed by atoms with Crippen molar-refractivity contribution < 1.29 is 0 Å². The fraction of sp³-hybridized carbons (Fsp3) is 0.0357. The molecule has 0 N–H and O–H groups in total. The van der Waals surface area contributed by atoms with Gasteiger partial charge in [-0.2, -0.15) is 5.10 Å². The molecule has 2 nitrogen and oxygen atoms in total. The van der Waals surface area contributed by atoms with E-state index in [-0.39, 0.29) is 5.41 Å². The number of nitrogens with zero attached hydrogens (tertiary/aromatic N) is 2. The zero-order valence-corrected chi connectivity index (χ0v) is 16.4. The number of benzene rings is 4. The van der Waals surface area contributed by atoms with Crippen LogP contribution in [0, 0.1) is 0 Å². The van der Waals surface area contributed by atoms with Crippen LogP contribution in [-0.2, 0) is 5.41 Å². The quantitative estimate of drug-likeness (QED) is 0.353. The highest BCUT2D eigenvalue weighted by atomic mass is 15.3. The number of hydrogen-bond donors (Lipinski definition) is 0. The lowest BCUT2D eigenvalue weighted by molar-refractivity contribution is 0.766. The highest BCUT2D eigenvalue weighted by Crippen LogP contribution is 2.55. The van der Waals surface area contributed by atoms with Gasteiger partial charge in [0.1, 0.15) is 0 Å². The molecule has 30 heavy (non-hydrogen) atoms. The molecule has 0 saturated carbocycles. The Morgan fingerprint density at radius 3 is 1.70 bits per heavy atom. The molecule has 0 spiro atoms. The first-order valence-electron chi connectivity index (χ1n) is 10.2. The smallest absolute Gasteiger partial charge is 0.0713 e. The number of aromatic nitrogens is 2. The van der Waals surface area contributed by atoms with Crippen molar-refractivity contribution in [1.29, 1.82) is 0 Å². The van der Waals surface area contributed by atoms with Crippen molar-refractivity contribution in [3.63, 3.8) is 0 Å². The van der Waals surface area contributed by atoms with Crippen molar-refractivity contribution in [3.05, 3.63) is 144 Å². The first kappa shape index (κ1) is 17.0. The number of fused-ring (bicyclic) bond motifs is 3. The van der Waals surface area contributed by atoms with Gasteiger partial charge in [0.15, 0.2) is 0 Å². The Hall–Kier alpha value is -3.91. The third-order valence-corrected chi connectivity index (χ3v) is 6.23. The van der Waals surface area contributed by atoms with Crippen LogP contribution in [0.15, 0.2) is 122 Å². The SMILES string of the molecule is c1ccc(C2(c3ccc(-n4cccn4)cc3)c3ccccc3-c3ccccc32)cc1. The van der Waals surface area contributed by atoms with Gasteiger partial charge in [0, 0.05) is 12.4 Å². The second-order valence-electron chi connectivity index (χ2n) is 7.70. The lowest BCUT2D eigenvalue weighted by Gasteiger charge is -2.34. The normalized spacial score (nSPS) is 13.6. The molecule has 1 aliphatic carbocycles. The molecule has 0 radical (unpaired) electrons. The maximum Gasteiger partial charge on any atom is 0.0713 e. The van der Waals surface area contributed by atoms with Gasteiger partial charge in [-0.15, -0.1) is 0 Å². The summed E-state index contributed by atoms with van der Waals surface area (Å²) in [6.45, 7) is 0. The van der Waals surface area contributed by atoms with Gasteiger partial charge in [-0.1, -0.05) is 91.0 Å². The van der Waals surface area contributed by atoms with E-state index in [1.165, 1.54) is 33.4 Å². The minimum absolute atomic E-state index is 0.336. The van der Waals surface area contributed by atoms with Crippen LogP contribution < -0.4 is 0 Å². The van der Waals surface area contributed by atoms with E-state index in [4.69, 9.17) is 0 Å². The highest BCUT2D eigenvalue weighted by molar-refractivity contribution is 5.86. The van der Waals surface area contributed by atoms with Crippen LogP contribution in [-0.4, -0.2) is 9.78 Å². The third-order valence-electron chi connectivity index (χ3n) is 6.23. The molecule has 0 atom stereocenters. The summed E-state index contributed by atoms with van der Waals surface area (Å²) < 4.78 is 1.90. The first-order valence-corrected chi connectivity index (χ1v) is 10.2. The molecule has 0 amide bonds. The molecule has 1 aromatic heterocycles. The maximum atomic E-state index is 4.38. The molecule has 1 aliphatic rings. The largest absolute Gasteiger partial charge is 0.241 e. The molecule has 0 saturated heterocycles. The Morgan fingerprint density at radius 1 is 0.533 bits per heavy atom. The minimum atomic E-state index is -0.336. The van der Waals surface area contributed by atoms with E-state index in [0.717, 1.165) is 5.69 Å². The van der Waals surface area contributed by atoms with E-state index in [1.807, 2.05) is 23.1 Å². The van der Waals surface area contributed by atoms with E-state index in [2.05, 4.69) is 108 Å². The first-order chi connectivity index (χ1) is 14.9. The lowest BCUT2D eigenvalue weighted by atomic mass is 9.68. The Bertz CT molecular complexity index is 1270.